The Morgan fingerprint density at radius 1 is 1.33 bits per heavy atom. The molecule has 3 aromatic rings. The standard InChI is InChI=1S/C24H22ClN5O3/c1-4-21(32)29-8-7-17(13-29)30-23-19(14(2)31)12-27-24(26)22(23)20(28-30)6-5-15-9-16(25)11-18(10-15)33-3/h4,9-12,17H,1,7-8,13H2,2-3H3,(H2,26,27)/t17-/m0/s1. The first-order valence-electron chi connectivity index (χ1n) is 10.3. The Balaban J connectivity index is 1.86. The predicted molar refractivity (Wildman–Crippen MR) is 126 cm³/mol. The van der Waals surface area contributed by atoms with E-state index in [-0.39, 0.29) is 23.6 Å². The van der Waals surface area contributed by atoms with Crippen molar-refractivity contribution in [1.29, 1.82) is 0 Å². The highest BCUT2D eigenvalue weighted by molar-refractivity contribution is 6.30. The molecular weight excluding hydrogens is 442 g/mol. The van der Waals surface area contributed by atoms with E-state index in [1.807, 2.05) is 0 Å². The Morgan fingerprint density at radius 2 is 2.12 bits per heavy atom. The fourth-order valence-corrected chi connectivity index (χ4v) is 4.18. The maximum atomic E-state index is 12.4. The van der Waals surface area contributed by atoms with Crippen LogP contribution in [0, 0.1) is 11.8 Å². The van der Waals surface area contributed by atoms with E-state index in [0.29, 0.717) is 58.0 Å². The lowest BCUT2D eigenvalue weighted by Gasteiger charge is -2.16. The van der Waals surface area contributed by atoms with Gasteiger partial charge in [0.15, 0.2) is 5.78 Å². The van der Waals surface area contributed by atoms with Crippen molar-refractivity contribution in [2.75, 3.05) is 25.9 Å². The summed E-state index contributed by atoms with van der Waals surface area (Å²) in [7, 11) is 1.55. The zero-order chi connectivity index (χ0) is 23.7. The molecule has 0 saturated carbocycles. The molecule has 0 spiro atoms. The van der Waals surface area contributed by atoms with E-state index in [9.17, 15) is 9.59 Å². The molecule has 3 heterocycles. The van der Waals surface area contributed by atoms with Crippen molar-refractivity contribution < 1.29 is 14.3 Å². The number of amides is 1. The summed E-state index contributed by atoms with van der Waals surface area (Å²) in [6, 6.07) is 5.03. The number of fused-ring (bicyclic) bond motifs is 1. The van der Waals surface area contributed by atoms with Gasteiger partial charge in [0, 0.05) is 29.9 Å². The zero-order valence-electron chi connectivity index (χ0n) is 18.3. The van der Waals surface area contributed by atoms with Gasteiger partial charge in [0.25, 0.3) is 0 Å². The molecule has 4 rings (SSSR count). The fourth-order valence-electron chi connectivity index (χ4n) is 3.96. The van der Waals surface area contributed by atoms with Crippen LogP contribution >= 0.6 is 11.6 Å². The van der Waals surface area contributed by atoms with E-state index in [1.165, 1.54) is 19.2 Å². The average Bonchev–Trinajstić information content (AvgIpc) is 3.42. The molecule has 1 aromatic carbocycles. The Labute approximate surface area is 196 Å². The van der Waals surface area contributed by atoms with Crippen LogP contribution in [0.3, 0.4) is 0 Å². The van der Waals surface area contributed by atoms with Crippen molar-refractivity contribution >= 4 is 40.0 Å². The van der Waals surface area contributed by atoms with Crippen molar-refractivity contribution in [2.45, 2.75) is 19.4 Å². The number of nitrogens with zero attached hydrogens (tertiary/aromatic N) is 4. The smallest absolute Gasteiger partial charge is 0.246 e. The van der Waals surface area contributed by atoms with Crippen molar-refractivity contribution in [3.05, 3.63) is 58.9 Å². The molecule has 8 nitrogen and oxygen atoms in total. The van der Waals surface area contributed by atoms with Crippen molar-refractivity contribution in [3.8, 4) is 17.6 Å². The van der Waals surface area contributed by atoms with E-state index >= 15 is 0 Å². The Bertz CT molecular complexity index is 1350. The van der Waals surface area contributed by atoms with Gasteiger partial charge < -0.3 is 15.4 Å². The third kappa shape index (κ3) is 4.28. The van der Waals surface area contributed by atoms with Gasteiger partial charge in [0.05, 0.1) is 29.6 Å². The van der Waals surface area contributed by atoms with Crippen LogP contribution < -0.4 is 10.5 Å². The number of methoxy groups -OCH3 is 1. The number of carbonyl (C=O) groups excluding carboxylic acids is 2. The van der Waals surface area contributed by atoms with Crippen LogP contribution in [-0.2, 0) is 4.79 Å². The first-order chi connectivity index (χ1) is 15.8. The number of ether oxygens (including phenoxy) is 1. The number of pyridine rings is 1. The third-order valence-electron chi connectivity index (χ3n) is 5.56. The number of hydrogen-bond donors (Lipinski definition) is 1. The lowest BCUT2D eigenvalue weighted by atomic mass is 10.1. The summed E-state index contributed by atoms with van der Waals surface area (Å²) in [5.41, 5.74) is 8.22. The molecule has 168 valence electrons. The van der Waals surface area contributed by atoms with Gasteiger partial charge in [-0.25, -0.2) is 4.98 Å². The van der Waals surface area contributed by atoms with E-state index < -0.39 is 0 Å². The number of carbonyl (C=O) groups is 2. The summed E-state index contributed by atoms with van der Waals surface area (Å²) >= 11 is 6.15. The number of aromatic nitrogens is 3. The number of ketones is 1. The molecule has 0 bridgehead atoms. The molecule has 1 fully saturated rings. The Kier molecular flexibility index (Phi) is 6.07. The number of benzene rings is 1. The molecule has 2 aromatic heterocycles. The number of nitrogen functional groups attached to an aromatic ring is 1. The fraction of sp³-hybridized carbons (Fsp3) is 0.250. The van der Waals surface area contributed by atoms with E-state index in [4.69, 9.17) is 27.2 Å². The quantitative estimate of drug-likeness (QED) is 0.362. The molecule has 2 N–H and O–H groups in total. The second-order valence-electron chi connectivity index (χ2n) is 7.69. The van der Waals surface area contributed by atoms with Crippen LogP contribution in [0.2, 0.25) is 5.02 Å². The predicted octanol–water partition coefficient (Wildman–Crippen LogP) is 3.24. The molecule has 1 atom stereocenters. The molecule has 1 saturated heterocycles. The Morgan fingerprint density at radius 3 is 2.82 bits per heavy atom. The first-order valence-corrected chi connectivity index (χ1v) is 10.7. The van der Waals surface area contributed by atoms with Crippen molar-refractivity contribution in [3.63, 3.8) is 0 Å². The number of likely N-dealkylation sites (tertiary alicyclic amines) is 1. The van der Waals surface area contributed by atoms with E-state index in [2.05, 4.69) is 23.4 Å². The molecule has 0 radical (unpaired) electrons. The summed E-state index contributed by atoms with van der Waals surface area (Å²) in [4.78, 5) is 30.4. The maximum absolute atomic E-state index is 12.4. The highest BCUT2D eigenvalue weighted by Gasteiger charge is 2.30. The number of rotatable bonds is 4. The highest BCUT2D eigenvalue weighted by Crippen LogP contribution is 2.32. The van der Waals surface area contributed by atoms with E-state index in [1.54, 1.807) is 34.9 Å². The van der Waals surface area contributed by atoms with Gasteiger partial charge in [-0.15, -0.1) is 0 Å². The van der Waals surface area contributed by atoms with Gasteiger partial charge in [0.2, 0.25) is 5.91 Å². The molecule has 0 unspecified atom stereocenters. The molecule has 9 heteroatoms. The highest BCUT2D eigenvalue weighted by atomic mass is 35.5. The monoisotopic (exact) mass is 463 g/mol. The van der Waals surface area contributed by atoms with Crippen molar-refractivity contribution in [2.24, 2.45) is 0 Å². The molecule has 0 aliphatic carbocycles. The van der Waals surface area contributed by atoms with Gasteiger partial charge >= 0.3 is 0 Å². The lowest BCUT2D eigenvalue weighted by molar-refractivity contribution is -0.125. The largest absolute Gasteiger partial charge is 0.497 e. The second-order valence-corrected chi connectivity index (χ2v) is 8.13. The SMILES string of the molecule is C=CC(=O)N1CC[C@H](n2nc(C#Cc3cc(Cl)cc(OC)c3)c3c(N)ncc(C(C)=O)c32)C1. The van der Waals surface area contributed by atoms with E-state index in [0.717, 1.165) is 0 Å². The topological polar surface area (TPSA) is 103 Å². The summed E-state index contributed by atoms with van der Waals surface area (Å²) < 4.78 is 7.00. The molecular formula is C24H22ClN5O3. The molecule has 1 aliphatic heterocycles. The minimum Gasteiger partial charge on any atom is -0.497 e. The number of hydrogen-bond acceptors (Lipinski definition) is 6. The van der Waals surface area contributed by atoms with Gasteiger partial charge in [-0.2, -0.15) is 5.10 Å². The summed E-state index contributed by atoms with van der Waals surface area (Å²) in [6.07, 6.45) is 3.43. The van der Waals surface area contributed by atoms with Gasteiger partial charge in [-0.3, -0.25) is 14.3 Å². The van der Waals surface area contributed by atoms with Gasteiger partial charge in [-0.1, -0.05) is 24.1 Å². The molecule has 1 amide bonds. The first kappa shape index (κ1) is 22.4. The number of anilines is 1. The van der Waals surface area contributed by atoms with Crippen LogP contribution in [0.4, 0.5) is 5.82 Å². The molecule has 1 aliphatic rings. The van der Waals surface area contributed by atoms with Crippen LogP contribution in [0.25, 0.3) is 10.9 Å². The Hall–Kier alpha value is -3.83. The minimum atomic E-state index is -0.162. The maximum Gasteiger partial charge on any atom is 0.246 e. The summed E-state index contributed by atoms with van der Waals surface area (Å²) in [6.45, 7) is 6.04. The summed E-state index contributed by atoms with van der Waals surface area (Å²) in [5, 5.41) is 5.72. The van der Waals surface area contributed by atoms with Crippen LogP contribution in [0.1, 0.15) is 41.0 Å². The average molecular weight is 464 g/mol. The number of halogens is 1. The van der Waals surface area contributed by atoms with Crippen LogP contribution in [-0.4, -0.2) is 51.6 Å². The zero-order valence-corrected chi connectivity index (χ0v) is 19.0. The van der Waals surface area contributed by atoms with Crippen LogP contribution in [0.5, 0.6) is 5.75 Å². The minimum absolute atomic E-state index is 0.141. The normalized spacial score (nSPS) is 15.2. The van der Waals surface area contributed by atoms with Crippen molar-refractivity contribution in [1.82, 2.24) is 19.7 Å². The van der Waals surface area contributed by atoms with Crippen LogP contribution in [0.15, 0.2) is 37.1 Å². The number of Topliss-reactive ketones (excluding diaryl/α,β-unsaturated/α-hetero) is 1. The summed E-state index contributed by atoms with van der Waals surface area (Å²) in [5.74, 6) is 6.61. The molecule has 33 heavy (non-hydrogen) atoms. The van der Waals surface area contributed by atoms with Gasteiger partial charge in [-0.05, 0) is 43.5 Å². The third-order valence-corrected chi connectivity index (χ3v) is 5.78. The van der Waals surface area contributed by atoms with Gasteiger partial charge in [0.1, 0.15) is 17.3 Å². The number of nitrogens with two attached hydrogens (primary N) is 1. The lowest BCUT2D eigenvalue weighted by Crippen LogP contribution is -2.27. The second kappa shape index (κ2) is 8.96.